The lowest BCUT2D eigenvalue weighted by Crippen LogP contribution is -2.01. The number of halogens is 1. The van der Waals surface area contributed by atoms with Gasteiger partial charge in [0.25, 0.3) is 11.6 Å². The van der Waals surface area contributed by atoms with Crippen LogP contribution in [-0.2, 0) is 16.1 Å². The fraction of sp³-hybridized carbons (Fsp3) is 0.130. The molecule has 11 heteroatoms. The molecule has 10 nitrogen and oxygen atoms in total. The van der Waals surface area contributed by atoms with Crippen molar-refractivity contribution in [3.05, 3.63) is 93.4 Å². The Labute approximate surface area is 192 Å². The van der Waals surface area contributed by atoms with Crippen molar-refractivity contribution in [3.8, 4) is 17.1 Å². The Hall–Kier alpha value is -4.67. The number of nitro benzene ring substituents is 1. The largest absolute Gasteiger partial charge is 0.452 e. The maximum Gasteiger partial charge on any atom is 0.331 e. The first-order chi connectivity index (χ1) is 16.3. The van der Waals surface area contributed by atoms with Crippen molar-refractivity contribution in [2.75, 3.05) is 0 Å². The second-order valence-corrected chi connectivity index (χ2v) is 7.22. The van der Waals surface area contributed by atoms with E-state index in [1.165, 1.54) is 42.5 Å². The van der Waals surface area contributed by atoms with Gasteiger partial charge in [0.15, 0.2) is 6.61 Å². The highest BCUT2D eigenvalue weighted by atomic mass is 19.1. The molecule has 0 aliphatic heterocycles. The van der Waals surface area contributed by atoms with Crippen molar-refractivity contribution >= 4 is 17.7 Å². The molecule has 2 heterocycles. The number of nitro groups is 1. The van der Waals surface area contributed by atoms with Crippen LogP contribution >= 0.6 is 0 Å². The fourth-order valence-electron chi connectivity index (χ4n) is 3.22. The molecule has 172 valence electrons. The molecule has 0 N–H and O–H groups in total. The lowest BCUT2D eigenvalue weighted by molar-refractivity contribution is -0.384. The van der Waals surface area contributed by atoms with Crippen LogP contribution in [0.15, 0.2) is 59.0 Å². The quantitative estimate of drug-likeness (QED) is 0.171. The average molecular weight is 463 g/mol. The summed E-state index contributed by atoms with van der Waals surface area (Å²) in [5.41, 5.74) is 3.34. The number of aryl methyl sites for hydroxylation is 1. The lowest BCUT2D eigenvalue weighted by atomic mass is 10.2. The molecule has 0 saturated carbocycles. The van der Waals surface area contributed by atoms with E-state index in [9.17, 15) is 19.3 Å². The fourth-order valence-corrected chi connectivity index (χ4v) is 3.22. The first kappa shape index (κ1) is 22.5. The number of rotatable bonds is 7. The van der Waals surface area contributed by atoms with Gasteiger partial charge in [-0.3, -0.25) is 10.1 Å². The molecule has 0 spiro atoms. The van der Waals surface area contributed by atoms with Crippen LogP contribution in [0.1, 0.15) is 22.8 Å². The molecule has 0 atom stereocenters. The Bertz CT molecular complexity index is 1370. The van der Waals surface area contributed by atoms with E-state index >= 15 is 0 Å². The van der Waals surface area contributed by atoms with Crippen LogP contribution in [0.4, 0.5) is 10.1 Å². The first-order valence-electron chi connectivity index (χ1n) is 10.1. The predicted octanol–water partition coefficient (Wildman–Crippen LogP) is 4.34. The zero-order chi connectivity index (χ0) is 24.2. The summed E-state index contributed by atoms with van der Waals surface area (Å²) in [6.07, 6.45) is 2.86. The van der Waals surface area contributed by atoms with Crippen molar-refractivity contribution in [1.29, 1.82) is 0 Å². The molecule has 0 radical (unpaired) electrons. The highest BCUT2D eigenvalue weighted by molar-refractivity contribution is 5.87. The number of carbonyl (C=O) groups is 1. The van der Waals surface area contributed by atoms with E-state index in [0.717, 1.165) is 11.3 Å². The van der Waals surface area contributed by atoms with Crippen LogP contribution in [0.5, 0.6) is 0 Å². The number of ether oxygens (including phenoxy) is 1. The monoisotopic (exact) mass is 463 g/mol. The van der Waals surface area contributed by atoms with Gasteiger partial charge in [0.2, 0.25) is 5.89 Å². The van der Waals surface area contributed by atoms with Crippen LogP contribution in [0, 0.1) is 29.8 Å². The van der Waals surface area contributed by atoms with Crippen molar-refractivity contribution < 1.29 is 23.3 Å². The van der Waals surface area contributed by atoms with Crippen molar-refractivity contribution in [2.24, 2.45) is 0 Å². The van der Waals surface area contributed by atoms with Crippen molar-refractivity contribution in [1.82, 2.24) is 20.0 Å². The standard InChI is InChI=1S/C23H18FN5O5/c1-14-20(15(2)28(27-14)18-9-5-17(24)6-10-18)11-12-22(30)33-13-21-25-26-23(34-21)16-3-7-19(8-4-16)29(31)32/h3-12H,13H2,1-2H3. The van der Waals surface area contributed by atoms with E-state index < -0.39 is 10.9 Å². The Balaban J connectivity index is 1.39. The molecule has 4 aromatic rings. The molecule has 0 bridgehead atoms. The molecule has 34 heavy (non-hydrogen) atoms. The summed E-state index contributed by atoms with van der Waals surface area (Å²) in [6, 6.07) is 11.6. The van der Waals surface area contributed by atoms with Crippen LogP contribution in [0.2, 0.25) is 0 Å². The summed E-state index contributed by atoms with van der Waals surface area (Å²) in [5, 5.41) is 22.9. The van der Waals surface area contributed by atoms with Gasteiger partial charge in [0.1, 0.15) is 5.82 Å². The third-order valence-corrected chi connectivity index (χ3v) is 4.93. The summed E-state index contributed by atoms with van der Waals surface area (Å²) in [6.45, 7) is 3.40. The summed E-state index contributed by atoms with van der Waals surface area (Å²) in [7, 11) is 0. The minimum atomic E-state index is -0.622. The van der Waals surface area contributed by atoms with Crippen LogP contribution in [0.3, 0.4) is 0 Å². The molecule has 0 unspecified atom stereocenters. The number of esters is 1. The van der Waals surface area contributed by atoms with Crippen molar-refractivity contribution in [3.63, 3.8) is 0 Å². The van der Waals surface area contributed by atoms with Crippen LogP contribution < -0.4 is 0 Å². The van der Waals surface area contributed by atoms with Gasteiger partial charge in [0, 0.05) is 35.0 Å². The Morgan fingerprint density at radius 2 is 1.85 bits per heavy atom. The average Bonchev–Trinajstić information content (AvgIpc) is 3.41. The highest BCUT2D eigenvalue weighted by Crippen LogP contribution is 2.22. The zero-order valence-electron chi connectivity index (χ0n) is 18.1. The number of aromatic nitrogens is 4. The lowest BCUT2D eigenvalue weighted by Gasteiger charge is -2.04. The molecule has 0 aliphatic carbocycles. The number of hydrogen-bond donors (Lipinski definition) is 0. The summed E-state index contributed by atoms with van der Waals surface area (Å²) >= 11 is 0. The van der Waals surface area contributed by atoms with Gasteiger partial charge in [-0.05, 0) is 56.3 Å². The van der Waals surface area contributed by atoms with Gasteiger partial charge in [-0.15, -0.1) is 10.2 Å². The highest BCUT2D eigenvalue weighted by Gasteiger charge is 2.14. The van der Waals surface area contributed by atoms with E-state index in [1.54, 1.807) is 29.8 Å². The predicted molar refractivity (Wildman–Crippen MR) is 118 cm³/mol. The summed E-state index contributed by atoms with van der Waals surface area (Å²) < 4.78 is 25.5. The van der Waals surface area contributed by atoms with E-state index in [4.69, 9.17) is 9.15 Å². The second kappa shape index (κ2) is 9.45. The molecule has 0 amide bonds. The summed E-state index contributed by atoms with van der Waals surface area (Å²) in [4.78, 5) is 22.4. The Morgan fingerprint density at radius 1 is 1.15 bits per heavy atom. The molecule has 0 fully saturated rings. The van der Waals surface area contributed by atoms with E-state index in [-0.39, 0.29) is 29.9 Å². The number of carbonyl (C=O) groups excluding carboxylic acids is 1. The number of non-ortho nitro benzene ring substituents is 1. The second-order valence-electron chi connectivity index (χ2n) is 7.22. The van der Waals surface area contributed by atoms with Gasteiger partial charge in [-0.25, -0.2) is 13.9 Å². The van der Waals surface area contributed by atoms with Gasteiger partial charge < -0.3 is 9.15 Å². The normalized spacial score (nSPS) is 11.1. The Morgan fingerprint density at radius 3 is 2.53 bits per heavy atom. The van der Waals surface area contributed by atoms with E-state index in [1.807, 2.05) is 6.92 Å². The SMILES string of the molecule is Cc1nn(-c2ccc(F)cc2)c(C)c1C=CC(=O)OCc1nnc(-c2ccc([N+](=O)[O-])cc2)o1. The van der Waals surface area contributed by atoms with Gasteiger partial charge in [0.05, 0.1) is 16.3 Å². The van der Waals surface area contributed by atoms with E-state index in [0.29, 0.717) is 16.9 Å². The van der Waals surface area contributed by atoms with Gasteiger partial charge in [-0.1, -0.05) is 0 Å². The van der Waals surface area contributed by atoms with E-state index in [2.05, 4.69) is 15.3 Å². The number of nitrogens with zero attached hydrogens (tertiary/aromatic N) is 5. The zero-order valence-corrected chi connectivity index (χ0v) is 18.1. The molecule has 2 aromatic heterocycles. The molecule has 4 rings (SSSR count). The third kappa shape index (κ3) is 4.88. The molecular formula is C23H18FN5O5. The first-order valence-corrected chi connectivity index (χ1v) is 10.1. The number of hydrogen-bond acceptors (Lipinski definition) is 8. The van der Waals surface area contributed by atoms with Gasteiger partial charge >= 0.3 is 5.97 Å². The van der Waals surface area contributed by atoms with Crippen LogP contribution in [-0.4, -0.2) is 30.9 Å². The number of benzene rings is 2. The minimum Gasteiger partial charge on any atom is -0.452 e. The minimum absolute atomic E-state index is 0.0575. The third-order valence-electron chi connectivity index (χ3n) is 4.93. The van der Waals surface area contributed by atoms with Crippen LogP contribution in [0.25, 0.3) is 23.2 Å². The topological polar surface area (TPSA) is 126 Å². The van der Waals surface area contributed by atoms with Gasteiger partial charge in [-0.2, -0.15) is 5.10 Å². The smallest absolute Gasteiger partial charge is 0.331 e. The summed E-state index contributed by atoms with van der Waals surface area (Å²) in [5.74, 6) is -0.736. The Kier molecular flexibility index (Phi) is 6.26. The molecule has 0 aliphatic rings. The maximum absolute atomic E-state index is 13.2. The van der Waals surface area contributed by atoms with Crippen molar-refractivity contribution in [2.45, 2.75) is 20.5 Å². The molecular weight excluding hydrogens is 445 g/mol. The maximum atomic E-state index is 13.2. The molecule has 0 saturated heterocycles. The molecule has 2 aromatic carbocycles.